The third-order valence-corrected chi connectivity index (χ3v) is 8.88. The molecule has 284 valence electrons. The fourth-order valence-electron chi connectivity index (χ4n) is 5.87. The number of rotatable bonds is 16. The Morgan fingerprint density at radius 2 is 1.58 bits per heavy atom. The Bertz CT molecular complexity index is 1570. The third-order valence-electron chi connectivity index (χ3n) is 8.88. The van der Waals surface area contributed by atoms with Crippen LogP contribution in [0.4, 0.5) is 4.79 Å². The van der Waals surface area contributed by atoms with Crippen LogP contribution in [0, 0.1) is 5.92 Å². The number of benzene rings is 3. The van der Waals surface area contributed by atoms with E-state index >= 15 is 0 Å². The van der Waals surface area contributed by atoms with Crippen molar-refractivity contribution in [2.24, 2.45) is 5.92 Å². The summed E-state index contributed by atoms with van der Waals surface area (Å²) < 4.78 is 16.6. The predicted octanol–water partition coefficient (Wildman–Crippen LogP) is 5.94. The number of hydrogen-bond acceptors (Lipinski definition) is 8. The summed E-state index contributed by atoms with van der Waals surface area (Å²) in [5, 5.41) is 18.8. The summed E-state index contributed by atoms with van der Waals surface area (Å²) in [6.45, 7) is 0.785. The topological polar surface area (TPSA) is 152 Å². The van der Waals surface area contributed by atoms with Crippen molar-refractivity contribution >= 4 is 23.9 Å². The molecule has 1 aliphatic heterocycles. The number of carbonyl (C=O) groups excluding carboxylic acids is 4. The molecule has 1 aliphatic rings. The molecule has 0 unspecified atom stereocenters. The first kappa shape index (κ1) is 40.6. The Hall–Kier alpha value is -5.16. The molecular weight excluding hydrogens is 674 g/mol. The fourth-order valence-corrected chi connectivity index (χ4v) is 5.87. The van der Waals surface area contributed by atoms with Gasteiger partial charge >= 0.3 is 12.1 Å². The maximum Gasteiger partial charge on any atom is 0.407 e. The maximum atomic E-state index is 13.6. The van der Waals surface area contributed by atoms with Crippen molar-refractivity contribution in [1.82, 2.24) is 16.0 Å². The highest BCUT2D eigenvalue weighted by molar-refractivity contribution is 5.86. The van der Waals surface area contributed by atoms with E-state index in [2.05, 4.69) is 16.0 Å². The molecule has 11 heteroatoms. The number of amides is 3. The van der Waals surface area contributed by atoms with Gasteiger partial charge in [-0.05, 0) is 80.2 Å². The number of alkyl carbamates (subject to hydrolysis) is 1. The standard InChI is InChI=1S/C42H53N3O8/c46-28-37(26-32-21-23-38(24-22-32)51-29-33-14-6-4-7-15-33)44-39(47)27-35-18-10-2-1-3-11-20-40(48)52-31-36(45-41(35)49)19-12-13-25-43-42(50)53-30-34-16-8-5-9-17-34/h2,4-10,14-17,21-24,35-37,46H,1,3,11-13,18-20,25-31H2,(H,43,50)(H,44,47)(H,45,49)/t35-,36+,37+/m1/s1. The highest BCUT2D eigenvalue weighted by Crippen LogP contribution is 2.17. The minimum absolute atomic E-state index is 0.0224. The van der Waals surface area contributed by atoms with Crippen LogP contribution in [0.25, 0.3) is 0 Å². The minimum Gasteiger partial charge on any atom is -0.489 e. The lowest BCUT2D eigenvalue weighted by Crippen LogP contribution is -2.45. The van der Waals surface area contributed by atoms with Crippen molar-refractivity contribution in [1.29, 1.82) is 0 Å². The first-order chi connectivity index (χ1) is 25.9. The summed E-state index contributed by atoms with van der Waals surface area (Å²) in [5.74, 6) is -0.895. The van der Waals surface area contributed by atoms with Gasteiger partial charge in [0.25, 0.3) is 0 Å². The molecule has 0 aliphatic carbocycles. The Labute approximate surface area is 312 Å². The van der Waals surface area contributed by atoms with Gasteiger partial charge < -0.3 is 35.3 Å². The van der Waals surface area contributed by atoms with Crippen LogP contribution in [0.2, 0.25) is 0 Å². The zero-order valence-corrected chi connectivity index (χ0v) is 30.4. The van der Waals surface area contributed by atoms with E-state index in [1.165, 1.54) is 0 Å². The second-order valence-corrected chi connectivity index (χ2v) is 13.3. The molecule has 0 radical (unpaired) electrons. The highest BCUT2D eigenvalue weighted by atomic mass is 16.5. The minimum atomic E-state index is -0.658. The lowest BCUT2D eigenvalue weighted by Gasteiger charge is -2.23. The zero-order chi connectivity index (χ0) is 37.5. The van der Waals surface area contributed by atoms with Gasteiger partial charge in [-0.15, -0.1) is 0 Å². The monoisotopic (exact) mass is 727 g/mol. The molecule has 4 N–H and O–H groups in total. The van der Waals surface area contributed by atoms with E-state index in [1.54, 1.807) is 0 Å². The summed E-state index contributed by atoms with van der Waals surface area (Å²) in [7, 11) is 0. The predicted molar refractivity (Wildman–Crippen MR) is 202 cm³/mol. The van der Waals surface area contributed by atoms with Gasteiger partial charge in [0.15, 0.2) is 0 Å². The summed E-state index contributed by atoms with van der Waals surface area (Å²) in [6.07, 6.45) is 8.46. The molecule has 4 rings (SSSR count). The first-order valence-electron chi connectivity index (χ1n) is 18.6. The molecular formula is C42H53N3O8. The maximum absolute atomic E-state index is 13.6. The van der Waals surface area contributed by atoms with Crippen LogP contribution < -0.4 is 20.7 Å². The van der Waals surface area contributed by atoms with Crippen LogP contribution in [0.3, 0.4) is 0 Å². The average Bonchev–Trinajstić information content (AvgIpc) is 3.17. The Kier molecular flexibility index (Phi) is 17.9. The Morgan fingerprint density at radius 1 is 0.868 bits per heavy atom. The van der Waals surface area contributed by atoms with Crippen molar-refractivity contribution in [2.45, 2.75) is 89.5 Å². The number of nitrogens with one attached hydrogen (secondary N) is 3. The smallest absolute Gasteiger partial charge is 0.407 e. The zero-order valence-electron chi connectivity index (χ0n) is 30.4. The molecule has 0 fully saturated rings. The van der Waals surface area contributed by atoms with E-state index in [-0.39, 0.29) is 44.0 Å². The van der Waals surface area contributed by atoms with Crippen LogP contribution in [-0.2, 0) is 43.5 Å². The van der Waals surface area contributed by atoms with Gasteiger partial charge in [0.05, 0.1) is 24.6 Å². The van der Waals surface area contributed by atoms with Gasteiger partial charge in [-0.3, -0.25) is 14.4 Å². The average molecular weight is 728 g/mol. The van der Waals surface area contributed by atoms with Gasteiger partial charge in [-0.25, -0.2) is 4.79 Å². The van der Waals surface area contributed by atoms with Crippen LogP contribution in [-0.4, -0.2) is 60.8 Å². The van der Waals surface area contributed by atoms with Crippen LogP contribution in [0.5, 0.6) is 5.75 Å². The summed E-state index contributed by atoms with van der Waals surface area (Å²) in [5.41, 5.74) is 2.89. The van der Waals surface area contributed by atoms with Crippen LogP contribution >= 0.6 is 0 Å². The number of aliphatic hydroxyl groups excluding tert-OH is 1. The molecule has 0 saturated carbocycles. The van der Waals surface area contributed by atoms with E-state index in [9.17, 15) is 24.3 Å². The number of carbonyl (C=O) groups is 4. The lowest BCUT2D eigenvalue weighted by molar-refractivity contribution is -0.145. The molecule has 3 amide bonds. The number of ether oxygens (including phenoxy) is 3. The van der Waals surface area contributed by atoms with Crippen LogP contribution in [0.1, 0.15) is 74.5 Å². The van der Waals surface area contributed by atoms with Crippen molar-refractivity contribution < 1.29 is 38.5 Å². The summed E-state index contributed by atoms with van der Waals surface area (Å²) in [6, 6.07) is 25.9. The second kappa shape index (κ2) is 23.4. The number of aliphatic hydroxyl groups is 1. The largest absolute Gasteiger partial charge is 0.489 e. The quantitative estimate of drug-likeness (QED) is 0.0805. The molecule has 11 nitrogen and oxygen atoms in total. The molecule has 0 bridgehead atoms. The van der Waals surface area contributed by atoms with Gasteiger partial charge in [0.2, 0.25) is 11.8 Å². The number of unbranched alkanes of at least 4 members (excludes halogenated alkanes) is 1. The molecule has 0 aromatic heterocycles. The highest BCUT2D eigenvalue weighted by Gasteiger charge is 2.25. The van der Waals surface area contributed by atoms with Gasteiger partial charge in [0.1, 0.15) is 25.6 Å². The molecule has 0 saturated heterocycles. The number of esters is 1. The molecule has 1 heterocycles. The third kappa shape index (κ3) is 16.4. The van der Waals surface area contributed by atoms with Crippen molar-refractivity contribution in [3.05, 3.63) is 114 Å². The summed E-state index contributed by atoms with van der Waals surface area (Å²) >= 11 is 0. The van der Waals surface area contributed by atoms with Crippen molar-refractivity contribution in [3.63, 3.8) is 0 Å². The normalized spacial score (nSPS) is 17.4. The molecule has 3 aromatic carbocycles. The second-order valence-electron chi connectivity index (χ2n) is 13.3. The lowest BCUT2D eigenvalue weighted by atomic mass is 9.97. The Morgan fingerprint density at radius 3 is 2.30 bits per heavy atom. The number of allylic oxidation sites excluding steroid dienone is 2. The van der Waals surface area contributed by atoms with Crippen molar-refractivity contribution in [2.75, 3.05) is 19.8 Å². The van der Waals surface area contributed by atoms with Gasteiger partial charge in [-0.1, -0.05) is 84.9 Å². The Balaban J connectivity index is 1.26. The molecule has 0 spiro atoms. The van der Waals surface area contributed by atoms with Gasteiger partial charge in [0, 0.05) is 19.4 Å². The van der Waals surface area contributed by atoms with E-state index in [0.717, 1.165) is 35.3 Å². The van der Waals surface area contributed by atoms with E-state index in [4.69, 9.17) is 14.2 Å². The molecule has 3 atom stereocenters. The van der Waals surface area contributed by atoms with Crippen molar-refractivity contribution in [3.8, 4) is 5.75 Å². The van der Waals surface area contributed by atoms with Gasteiger partial charge in [-0.2, -0.15) is 0 Å². The molecule has 3 aromatic rings. The van der Waals surface area contributed by atoms with E-state index in [0.29, 0.717) is 58.1 Å². The number of cyclic esters (lactones) is 1. The SMILES string of the molecule is O=C(C[C@H]1CC=CCCCCC(=O)OC[C@H](CCCCNC(=O)OCc2ccccc2)NC1=O)N[C@H](CO)Cc1ccc(OCc2ccccc2)cc1. The van der Waals surface area contributed by atoms with E-state index < -0.39 is 24.1 Å². The fraction of sp³-hybridized carbons (Fsp3) is 0.429. The molecule has 53 heavy (non-hydrogen) atoms. The van der Waals surface area contributed by atoms with E-state index in [1.807, 2.05) is 97.1 Å². The summed E-state index contributed by atoms with van der Waals surface area (Å²) in [4.78, 5) is 51.3. The number of hydrogen-bond donors (Lipinski definition) is 4. The van der Waals surface area contributed by atoms with Crippen LogP contribution in [0.15, 0.2) is 97.1 Å². The first-order valence-corrected chi connectivity index (χ1v) is 18.6.